The second-order valence-corrected chi connectivity index (χ2v) is 3.45. The molecule has 0 amide bonds. The van der Waals surface area contributed by atoms with Crippen molar-refractivity contribution in [3.8, 4) is 0 Å². The second kappa shape index (κ2) is 4.67. The van der Waals surface area contributed by atoms with Crippen LogP contribution in [-0.2, 0) is 6.42 Å². The number of benzene rings is 1. The highest BCUT2D eigenvalue weighted by Gasteiger charge is 2.09. The molecule has 0 aromatic heterocycles. The Bertz CT molecular complexity index is 302. The second-order valence-electron chi connectivity index (χ2n) is 2.66. The van der Waals surface area contributed by atoms with Crippen LogP contribution in [0.1, 0.15) is 12.0 Å². The Morgan fingerprint density at radius 2 is 2.00 bits per heavy atom. The molecule has 0 saturated carbocycles. The number of hydrogen-bond acceptors (Lipinski definition) is 1. The lowest BCUT2D eigenvalue weighted by Crippen LogP contribution is -1.95. The number of halogens is 3. The minimum Gasteiger partial charge on any atom is -0.396 e. The third-order valence-electron chi connectivity index (χ3n) is 1.72. The number of aliphatic hydroxyl groups excluding tert-OH is 1. The molecule has 1 aromatic rings. The Hall–Kier alpha value is -0.480. The van der Waals surface area contributed by atoms with Crippen LogP contribution >= 0.6 is 15.9 Å². The van der Waals surface area contributed by atoms with E-state index in [-0.39, 0.29) is 11.1 Å². The molecule has 0 aliphatic heterocycles. The predicted octanol–water partition coefficient (Wildman–Crippen LogP) is 2.65. The maximum Gasteiger partial charge on any atom is 0.173 e. The van der Waals surface area contributed by atoms with Gasteiger partial charge in [0.05, 0.1) is 4.47 Å². The first-order valence-corrected chi connectivity index (χ1v) is 4.69. The number of aliphatic hydroxyl groups is 1. The van der Waals surface area contributed by atoms with Crippen LogP contribution in [0.4, 0.5) is 8.78 Å². The molecule has 1 nitrogen and oxygen atoms in total. The number of aryl methyl sites for hydroxylation is 1. The van der Waals surface area contributed by atoms with E-state index in [9.17, 15) is 8.78 Å². The van der Waals surface area contributed by atoms with Crippen molar-refractivity contribution in [1.82, 2.24) is 0 Å². The maximum absolute atomic E-state index is 12.9. The van der Waals surface area contributed by atoms with Gasteiger partial charge in [0.2, 0.25) is 0 Å². The molecule has 13 heavy (non-hydrogen) atoms. The largest absolute Gasteiger partial charge is 0.396 e. The van der Waals surface area contributed by atoms with Crippen LogP contribution in [0.2, 0.25) is 0 Å². The molecular weight excluding hydrogens is 242 g/mol. The highest BCUT2D eigenvalue weighted by Crippen LogP contribution is 2.23. The molecular formula is C9H9BrF2O. The zero-order valence-corrected chi connectivity index (χ0v) is 8.44. The predicted molar refractivity (Wildman–Crippen MR) is 49.5 cm³/mol. The minimum absolute atomic E-state index is 0.0471. The lowest BCUT2D eigenvalue weighted by Gasteiger charge is -2.04. The fourth-order valence-electron chi connectivity index (χ4n) is 1.03. The summed E-state index contributed by atoms with van der Waals surface area (Å²) >= 11 is 2.96. The van der Waals surface area contributed by atoms with Crippen molar-refractivity contribution in [3.05, 3.63) is 33.8 Å². The van der Waals surface area contributed by atoms with E-state index in [2.05, 4.69) is 15.9 Å². The van der Waals surface area contributed by atoms with E-state index in [0.717, 1.165) is 6.07 Å². The van der Waals surface area contributed by atoms with E-state index in [0.29, 0.717) is 18.4 Å². The molecule has 72 valence electrons. The van der Waals surface area contributed by atoms with Gasteiger partial charge in [-0.15, -0.1) is 0 Å². The van der Waals surface area contributed by atoms with Gasteiger partial charge in [0.25, 0.3) is 0 Å². The molecule has 1 rings (SSSR count). The van der Waals surface area contributed by atoms with Crippen LogP contribution in [-0.4, -0.2) is 11.7 Å². The molecule has 0 aliphatic rings. The molecule has 1 aromatic carbocycles. The van der Waals surface area contributed by atoms with Crippen LogP contribution in [0, 0.1) is 11.6 Å². The summed E-state index contributed by atoms with van der Waals surface area (Å²) in [4.78, 5) is 0. The molecule has 4 heteroatoms. The van der Waals surface area contributed by atoms with Crippen LogP contribution in [0.25, 0.3) is 0 Å². The Morgan fingerprint density at radius 3 is 2.62 bits per heavy atom. The standard InChI is InChI=1S/C9H9BrF2O/c10-8-6(2-1-5-13)3-4-7(11)9(8)12/h3-4,13H,1-2,5H2. The summed E-state index contributed by atoms with van der Waals surface area (Å²) in [6.45, 7) is 0.0471. The molecule has 1 N–H and O–H groups in total. The topological polar surface area (TPSA) is 20.2 Å². The molecule has 0 atom stereocenters. The fraction of sp³-hybridized carbons (Fsp3) is 0.333. The first-order chi connectivity index (χ1) is 6.16. The van der Waals surface area contributed by atoms with E-state index in [1.807, 2.05) is 0 Å². The van der Waals surface area contributed by atoms with Crippen LogP contribution in [0.5, 0.6) is 0 Å². The normalized spacial score (nSPS) is 10.5. The van der Waals surface area contributed by atoms with Gasteiger partial charge in [0.15, 0.2) is 11.6 Å². The molecule has 0 unspecified atom stereocenters. The average molecular weight is 251 g/mol. The van der Waals surface area contributed by atoms with Crippen molar-refractivity contribution >= 4 is 15.9 Å². The van der Waals surface area contributed by atoms with Crippen molar-refractivity contribution in [2.75, 3.05) is 6.61 Å². The van der Waals surface area contributed by atoms with Crippen LogP contribution < -0.4 is 0 Å². The Balaban J connectivity index is 2.90. The van der Waals surface area contributed by atoms with Gasteiger partial charge in [-0.2, -0.15) is 0 Å². The number of rotatable bonds is 3. The monoisotopic (exact) mass is 250 g/mol. The maximum atomic E-state index is 12.9. The van der Waals surface area contributed by atoms with Crippen LogP contribution in [0.3, 0.4) is 0 Å². The summed E-state index contributed by atoms with van der Waals surface area (Å²) in [6, 6.07) is 2.60. The zero-order chi connectivity index (χ0) is 9.84. The summed E-state index contributed by atoms with van der Waals surface area (Å²) < 4.78 is 25.7. The highest BCUT2D eigenvalue weighted by atomic mass is 79.9. The fourth-order valence-corrected chi connectivity index (χ4v) is 1.55. The quantitative estimate of drug-likeness (QED) is 0.819. The SMILES string of the molecule is OCCCc1ccc(F)c(F)c1Br. The van der Waals surface area contributed by atoms with E-state index >= 15 is 0 Å². The summed E-state index contributed by atoms with van der Waals surface area (Å²) in [5.74, 6) is -1.73. The van der Waals surface area contributed by atoms with Crippen molar-refractivity contribution in [2.45, 2.75) is 12.8 Å². The molecule has 0 saturated heterocycles. The Labute approximate surface area is 83.5 Å². The van der Waals surface area contributed by atoms with Gasteiger partial charge < -0.3 is 5.11 Å². The first kappa shape index (κ1) is 10.6. The minimum atomic E-state index is -0.865. The average Bonchev–Trinajstić information content (AvgIpc) is 2.13. The van der Waals surface area contributed by atoms with Gasteiger partial charge in [-0.1, -0.05) is 6.07 Å². The van der Waals surface area contributed by atoms with Crippen molar-refractivity contribution < 1.29 is 13.9 Å². The zero-order valence-electron chi connectivity index (χ0n) is 6.86. The third-order valence-corrected chi connectivity index (χ3v) is 2.58. The summed E-state index contributed by atoms with van der Waals surface area (Å²) in [7, 11) is 0. The molecule has 0 aliphatic carbocycles. The molecule has 0 fully saturated rings. The van der Waals surface area contributed by atoms with E-state index in [1.54, 1.807) is 0 Å². The summed E-state index contributed by atoms with van der Waals surface area (Å²) in [6.07, 6.45) is 1.08. The molecule has 0 bridgehead atoms. The van der Waals surface area contributed by atoms with Crippen molar-refractivity contribution in [3.63, 3.8) is 0 Å². The van der Waals surface area contributed by atoms with Gasteiger partial charge in [0.1, 0.15) is 0 Å². The van der Waals surface area contributed by atoms with Crippen LogP contribution in [0.15, 0.2) is 16.6 Å². The summed E-state index contributed by atoms with van der Waals surface area (Å²) in [5.41, 5.74) is 0.674. The Kier molecular flexibility index (Phi) is 3.81. The molecule has 0 spiro atoms. The highest BCUT2D eigenvalue weighted by molar-refractivity contribution is 9.10. The summed E-state index contributed by atoms with van der Waals surface area (Å²) in [5, 5.41) is 8.56. The first-order valence-electron chi connectivity index (χ1n) is 3.90. The third kappa shape index (κ3) is 2.48. The van der Waals surface area contributed by atoms with E-state index in [4.69, 9.17) is 5.11 Å². The van der Waals surface area contributed by atoms with Gasteiger partial charge in [-0.05, 0) is 40.4 Å². The smallest absolute Gasteiger partial charge is 0.173 e. The van der Waals surface area contributed by atoms with Gasteiger partial charge in [-0.25, -0.2) is 8.78 Å². The van der Waals surface area contributed by atoms with Gasteiger partial charge in [0, 0.05) is 6.61 Å². The van der Waals surface area contributed by atoms with E-state index in [1.165, 1.54) is 6.07 Å². The molecule has 0 radical (unpaired) electrons. The van der Waals surface area contributed by atoms with Crippen molar-refractivity contribution in [1.29, 1.82) is 0 Å². The van der Waals surface area contributed by atoms with Crippen molar-refractivity contribution in [2.24, 2.45) is 0 Å². The Morgan fingerprint density at radius 1 is 1.31 bits per heavy atom. The van der Waals surface area contributed by atoms with Gasteiger partial charge in [-0.3, -0.25) is 0 Å². The molecule has 0 heterocycles. The number of hydrogen-bond donors (Lipinski definition) is 1. The lowest BCUT2D eigenvalue weighted by atomic mass is 10.1. The lowest BCUT2D eigenvalue weighted by molar-refractivity contribution is 0.288. The van der Waals surface area contributed by atoms with Gasteiger partial charge >= 0.3 is 0 Å². The van der Waals surface area contributed by atoms with E-state index < -0.39 is 11.6 Å².